The smallest absolute Gasteiger partial charge is 0.251 e. The Morgan fingerprint density at radius 3 is 2.46 bits per heavy atom. The maximum atomic E-state index is 13.4. The summed E-state index contributed by atoms with van der Waals surface area (Å²) < 4.78 is 13.4. The number of hydrogen-bond acceptors (Lipinski definition) is 2. The van der Waals surface area contributed by atoms with Gasteiger partial charge in [0.1, 0.15) is 11.9 Å². The largest absolute Gasteiger partial charge is 0.378 e. The second-order valence-electron chi connectivity index (χ2n) is 7.12. The van der Waals surface area contributed by atoms with E-state index in [1.54, 1.807) is 12.1 Å². The summed E-state index contributed by atoms with van der Waals surface area (Å²) in [7, 11) is 4.05. The van der Waals surface area contributed by atoms with Crippen LogP contribution in [0.25, 0.3) is 0 Å². The molecule has 0 bridgehead atoms. The molecule has 0 spiro atoms. The third-order valence-electron chi connectivity index (χ3n) is 5.10. The second-order valence-corrected chi connectivity index (χ2v) is 7.12. The molecule has 138 valence electrons. The molecule has 1 aliphatic heterocycles. The highest BCUT2D eigenvalue weighted by atomic mass is 19.1. The lowest BCUT2D eigenvalue weighted by molar-refractivity contribution is -0.918. The van der Waals surface area contributed by atoms with Crippen LogP contribution in [0.3, 0.4) is 0 Å². The second kappa shape index (κ2) is 8.32. The van der Waals surface area contributed by atoms with E-state index in [4.69, 9.17) is 0 Å². The van der Waals surface area contributed by atoms with Crippen LogP contribution in [0.1, 0.15) is 34.8 Å². The van der Waals surface area contributed by atoms with E-state index in [2.05, 4.69) is 34.5 Å². The van der Waals surface area contributed by atoms with E-state index < -0.39 is 5.82 Å². The van der Waals surface area contributed by atoms with Crippen LogP contribution in [0.2, 0.25) is 0 Å². The molecular weight excluding hydrogens is 329 g/mol. The normalized spacial score (nSPS) is 15.7. The topological polar surface area (TPSA) is 36.8 Å². The van der Waals surface area contributed by atoms with Crippen LogP contribution in [0.4, 0.5) is 10.1 Å². The van der Waals surface area contributed by atoms with Crippen molar-refractivity contribution >= 4 is 11.6 Å². The number of halogens is 1. The molecular formula is C21H27FN3O+. The van der Waals surface area contributed by atoms with E-state index in [0.29, 0.717) is 12.1 Å². The number of rotatable bonds is 6. The van der Waals surface area contributed by atoms with E-state index in [-0.39, 0.29) is 11.9 Å². The van der Waals surface area contributed by atoms with Crippen LogP contribution >= 0.6 is 0 Å². The molecule has 26 heavy (non-hydrogen) atoms. The minimum atomic E-state index is -0.390. The average Bonchev–Trinajstić information content (AvgIpc) is 3.16. The van der Waals surface area contributed by atoms with Gasteiger partial charge in [0.05, 0.1) is 19.6 Å². The van der Waals surface area contributed by atoms with E-state index in [9.17, 15) is 9.18 Å². The number of amides is 1. The monoisotopic (exact) mass is 356 g/mol. The number of nitrogens with zero attached hydrogens (tertiary/aromatic N) is 1. The fourth-order valence-electron chi connectivity index (χ4n) is 3.61. The van der Waals surface area contributed by atoms with Gasteiger partial charge >= 0.3 is 0 Å². The molecule has 1 fully saturated rings. The molecule has 0 saturated carbocycles. The Balaban J connectivity index is 1.73. The van der Waals surface area contributed by atoms with Gasteiger partial charge in [-0.05, 0) is 30.3 Å². The van der Waals surface area contributed by atoms with Crippen molar-refractivity contribution in [3.63, 3.8) is 0 Å². The Labute approximate surface area is 154 Å². The van der Waals surface area contributed by atoms with Crippen LogP contribution in [0.15, 0.2) is 48.5 Å². The summed E-state index contributed by atoms with van der Waals surface area (Å²) in [4.78, 5) is 16.0. The number of anilines is 1. The zero-order chi connectivity index (χ0) is 18.5. The van der Waals surface area contributed by atoms with Crippen molar-refractivity contribution in [2.45, 2.75) is 18.9 Å². The van der Waals surface area contributed by atoms with E-state index in [1.807, 2.05) is 14.1 Å². The summed E-state index contributed by atoms with van der Waals surface area (Å²) in [6.07, 6.45) is 2.44. The third kappa shape index (κ3) is 4.41. The lowest BCUT2D eigenvalue weighted by atomic mass is 10.0. The van der Waals surface area contributed by atoms with Crippen LogP contribution in [-0.4, -0.2) is 39.6 Å². The van der Waals surface area contributed by atoms with Crippen molar-refractivity contribution in [2.24, 2.45) is 0 Å². The molecule has 0 unspecified atom stereocenters. The zero-order valence-electron chi connectivity index (χ0n) is 15.5. The molecule has 1 aliphatic rings. The van der Waals surface area contributed by atoms with Crippen molar-refractivity contribution in [1.29, 1.82) is 0 Å². The molecule has 1 atom stereocenters. The predicted octanol–water partition coefficient (Wildman–Crippen LogP) is 2.04. The minimum absolute atomic E-state index is 0.214. The Morgan fingerprint density at radius 2 is 1.85 bits per heavy atom. The molecule has 3 rings (SSSR count). The Bertz CT molecular complexity index is 739. The van der Waals surface area contributed by atoms with Gasteiger partial charge in [-0.15, -0.1) is 0 Å². The van der Waals surface area contributed by atoms with E-state index >= 15 is 0 Å². The van der Waals surface area contributed by atoms with Crippen LogP contribution in [0, 0.1) is 5.82 Å². The van der Waals surface area contributed by atoms with Gasteiger partial charge in [0.2, 0.25) is 0 Å². The van der Waals surface area contributed by atoms with Crippen molar-refractivity contribution in [2.75, 3.05) is 38.6 Å². The highest BCUT2D eigenvalue weighted by Crippen LogP contribution is 2.17. The van der Waals surface area contributed by atoms with Gasteiger partial charge in [0.15, 0.2) is 0 Å². The highest BCUT2D eigenvalue weighted by Gasteiger charge is 2.28. The van der Waals surface area contributed by atoms with Gasteiger partial charge in [0.25, 0.3) is 5.91 Å². The standard InChI is InChI=1S/C21H26FN3O/c1-24(2)19-10-8-16(9-11-19)20(25-12-3-4-13-25)15-23-21(26)17-6-5-7-18(22)14-17/h5-11,14,20H,3-4,12-13,15H2,1-2H3,(H,23,26)/p+1/t20-/m0/s1. The van der Waals surface area contributed by atoms with Gasteiger partial charge in [-0.3, -0.25) is 4.79 Å². The Hall–Kier alpha value is -2.40. The number of benzene rings is 2. The minimum Gasteiger partial charge on any atom is -0.378 e. The molecule has 0 aliphatic carbocycles. The van der Waals surface area contributed by atoms with Crippen LogP contribution in [0.5, 0.6) is 0 Å². The molecule has 1 heterocycles. The molecule has 0 radical (unpaired) electrons. The molecule has 2 aromatic rings. The number of likely N-dealkylation sites (tertiary alicyclic amines) is 1. The molecule has 2 N–H and O–H groups in total. The molecule has 0 aromatic heterocycles. The van der Waals surface area contributed by atoms with Crippen molar-refractivity contribution in [3.05, 3.63) is 65.5 Å². The maximum absolute atomic E-state index is 13.4. The lowest BCUT2D eigenvalue weighted by Crippen LogP contribution is -3.11. The maximum Gasteiger partial charge on any atom is 0.251 e. The Kier molecular flexibility index (Phi) is 5.89. The summed E-state index contributed by atoms with van der Waals surface area (Å²) in [6, 6.07) is 14.6. The summed E-state index contributed by atoms with van der Waals surface area (Å²) in [5, 5.41) is 3.00. The Morgan fingerprint density at radius 1 is 1.15 bits per heavy atom. The first-order valence-corrected chi connectivity index (χ1v) is 9.20. The first-order valence-electron chi connectivity index (χ1n) is 9.20. The number of carbonyl (C=O) groups excluding carboxylic acids is 1. The zero-order valence-corrected chi connectivity index (χ0v) is 15.5. The van der Waals surface area contributed by atoms with Crippen LogP contribution < -0.4 is 15.1 Å². The van der Waals surface area contributed by atoms with Gasteiger partial charge in [0, 0.05) is 43.8 Å². The lowest BCUT2D eigenvalue weighted by Gasteiger charge is -2.26. The van der Waals surface area contributed by atoms with Gasteiger partial charge in [-0.1, -0.05) is 18.2 Å². The van der Waals surface area contributed by atoms with Gasteiger partial charge < -0.3 is 15.1 Å². The highest BCUT2D eigenvalue weighted by molar-refractivity contribution is 5.94. The van der Waals surface area contributed by atoms with Crippen molar-refractivity contribution < 1.29 is 14.1 Å². The quantitative estimate of drug-likeness (QED) is 0.831. The predicted molar refractivity (Wildman–Crippen MR) is 102 cm³/mol. The van der Waals surface area contributed by atoms with Gasteiger partial charge in [-0.25, -0.2) is 4.39 Å². The van der Waals surface area contributed by atoms with E-state index in [0.717, 1.165) is 18.8 Å². The van der Waals surface area contributed by atoms with Crippen LogP contribution in [-0.2, 0) is 0 Å². The molecule has 2 aromatic carbocycles. The molecule has 5 heteroatoms. The van der Waals surface area contributed by atoms with E-state index in [1.165, 1.54) is 35.4 Å². The number of carbonyl (C=O) groups is 1. The summed E-state index contributed by atoms with van der Waals surface area (Å²) >= 11 is 0. The summed E-state index contributed by atoms with van der Waals surface area (Å²) in [5.41, 5.74) is 2.75. The molecule has 1 saturated heterocycles. The fraction of sp³-hybridized carbons (Fsp3) is 0.381. The first kappa shape index (κ1) is 18.4. The average molecular weight is 356 g/mol. The number of nitrogens with one attached hydrogen (secondary N) is 2. The third-order valence-corrected chi connectivity index (χ3v) is 5.10. The van der Waals surface area contributed by atoms with Crippen molar-refractivity contribution in [3.8, 4) is 0 Å². The van der Waals surface area contributed by atoms with Crippen molar-refractivity contribution in [1.82, 2.24) is 5.32 Å². The number of hydrogen-bond donors (Lipinski definition) is 2. The fourth-order valence-corrected chi connectivity index (χ4v) is 3.61. The summed E-state index contributed by atoms with van der Waals surface area (Å²) in [6.45, 7) is 2.79. The SMILES string of the molecule is CN(C)c1ccc([C@H](CNC(=O)c2cccc(F)c2)[NH+]2CCCC2)cc1. The number of quaternary nitrogens is 1. The first-order chi connectivity index (χ1) is 12.5. The summed E-state index contributed by atoms with van der Waals surface area (Å²) in [5.74, 6) is -0.614. The molecule has 1 amide bonds. The van der Waals surface area contributed by atoms with Gasteiger partial charge in [-0.2, -0.15) is 0 Å². The molecule has 4 nitrogen and oxygen atoms in total.